The Morgan fingerprint density at radius 1 is 1.33 bits per heavy atom. The van der Waals surface area contributed by atoms with Gasteiger partial charge in [0.05, 0.1) is 0 Å². The molecular formula is C15H23NO2. The van der Waals surface area contributed by atoms with E-state index in [0.29, 0.717) is 12.3 Å². The number of aliphatic carboxylic acids is 1. The van der Waals surface area contributed by atoms with E-state index < -0.39 is 11.5 Å². The van der Waals surface area contributed by atoms with Gasteiger partial charge in [-0.2, -0.15) is 0 Å². The highest BCUT2D eigenvalue weighted by Crippen LogP contribution is 2.32. The highest BCUT2D eigenvalue weighted by Gasteiger charge is 2.42. The van der Waals surface area contributed by atoms with Crippen molar-refractivity contribution in [3.63, 3.8) is 0 Å². The van der Waals surface area contributed by atoms with Crippen molar-refractivity contribution >= 4 is 5.97 Å². The van der Waals surface area contributed by atoms with Crippen molar-refractivity contribution in [3.05, 3.63) is 35.9 Å². The van der Waals surface area contributed by atoms with Crippen molar-refractivity contribution in [2.75, 3.05) is 13.6 Å². The number of carboxylic acid groups (broad SMARTS) is 1. The first-order valence-corrected chi connectivity index (χ1v) is 6.45. The molecule has 1 aromatic carbocycles. The average Bonchev–Trinajstić information content (AvgIpc) is 2.30. The third-order valence-corrected chi connectivity index (χ3v) is 3.41. The first-order valence-electron chi connectivity index (χ1n) is 6.45. The SMILES string of the molecule is CCC(C(=O)O)(c1ccccc1)N(C)CC(C)C. The van der Waals surface area contributed by atoms with E-state index >= 15 is 0 Å². The fourth-order valence-corrected chi connectivity index (χ4v) is 2.55. The van der Waals surface area contributed by atoms with E-state index in [2.05, 4.69) is 13.8 Å². The Kier molecular flexibility index (Phi) is 4.91. The van der Waals surface area contributed by atoms with Gasteiger partial charge < -0.3 is 5.11 Å². The minimum Gasteiger partial charge on any atom is -0.480 e. The highest BCUT2D eigenvalue weighted by atomic mass is 16.4. The van der Waals surface area contributed by atoms with Gasteiger partial charge in [-0.05, 0) is 24.9 Å². The first-order chi connectivity index (χ1) is 8.45. The molecule has 3 heteroatoms. The first kappa shape index (κ1) is 14.7. The molecule has 0 radical (unpaired) electrons. The minimum atomic E-state index is -0.925. The van der Waals surface area contributed by atoms with Crippen molar-refractivity contribution in [1.82, 2.24) is 4.90 Å². The lowest BCUT2D eigenvalue weighted by Gasteiger charge is -2.39. The average molecular weight is 249 g/mol. The Morgan fingerprint density at radius 3 is 2.28 bits per heavy atom. The molecule has 1 unspecified atom stereocenters. The molecule has 1 N–H and O–H groups in total. The molecule has 0 saturated carbocycles. The van der Waals surface area contributed by atoms with Crippen LogP contribution in [0.25, 0.3) is 0 Å². The third kappa shape index (κ3) is 2.72. The maximum atomic E-state index is 11.8. The summed E-state index contributed by atoms with van der Waals surface area (Å²) in [5.74, 6) is -0.344. The van der Waals surface area contributed by atoms with Crippen molar-refractivity contribution in [2.24, 2.45) is 5.92 Å². The van der Waals surface area contributed by atoms with Gasteiger partial charge in [0.15, 0.2) is 0 Å². The summed E-state index contributed by atoms with van der Waals surface area (Å²) in [6.07, 6.45) is 0.551. The summed E-state index contributed by atoms with van der Waals surface area (Å²) in [6.45, 7) is 6.89. The maximum Gasteiger partial charge on any atom is 0.328 e. The Labute approximate surface area is 109 Å². The molecule has 0 heterocycles. The van der Waals surface area contributed by atoms with Crippen molar-refractivity contribution in [3.8, 4) is 0 Å². The molecule has 0 amide bonds. The molecule has 1 rings (SSSR count). The third-order valence-electron chi connectivity index (χ3n) is 3.41. The lowest BCUT2D eigenvalue weighted by Crippen LogP contribution is -2.51. The molecular weight excluding hydrogens is 226 g/mol. The van der Waals surface area contributed by atoms with Crippen LogP contribution >= 0.6 is 0 Å². The van der Waals surface area contributed by atoms with Gasteiger partial charge in [0.1, 0.15) is 5.54 Å². The summed E-state index contributed by atoms with van der Waals surface area (Å²) in [6, 6.07) is 9.49. The second-order valence-electron chi connectivity index (χ2n) is 5.16. The largest absolute Gasteiger partial charge is 0.480 e. The number of carbonyl (C=O) groups is 1. The lowest BCUT2D eigenvalue weighted by atomic mass is 9.85. The molecule has 0 spiro atoms. The van der Waals surface area contributed by atoms with Crippen LogP contribution in [0.5, 0.6) is 0 Å². The second kappa shape index (κ2) is 6.01. The Hall–Kier alpha value is -1.35. The van der Waals surface area contributed by atoms with Crippen LogP contribution in [0.1, 0.15) is 32.8 Å². The minimum absolute atomic E-state index is 0.434. The summed E-state index contributed by atoms with van der Waals surface area (Å²) < 4.78 is 0. The molecule has 0 saturated heterocycles. The van der Waals surface area contributed by atoms with Crippen LogP contribution in [0.3, 0.4) is 0 Å². The van der Waals surface area contributed by atoms with E-state index in [0.717, 1.165) is 12.1 Å². The van der Waals surface area contributed by atoms with Crippen LogP contribution < -0.4 is 0 Å². The summed E-state index contributed by atoms with van der Waals surface area (Å²) in [5.41, 5.74) is -0.0749. The van der Waals surface area contributed by atoms with E-state index in [1.54, 1.807) is 0 Å². The molecule has 100 valence electrons. The predicted octanol–water partition coefficient (Wildman–Crippen LogP) is 2.96. The fraction of sp³-hybridized carbons (Fsp3) is 0.533. The number of hydrogen-bond donors (Lipinski definition) is 1. The molecule has 18 heavy (non-hydrogen) atoms. The standard InChI is InChI=1S/C15H23NO2/c1-5-15(14(17)18,16(4)11-12(2)3)13-9-7-6-8-10-13/h6-10,12H,5,11H2,1-4H3,(H,17,18). The van der Waals surface area contributed by atoms with Gasteiger partial charge in [0.25, 0.3) is 0 Å². The van der Waals surface area contributed by atoms with Crippen LogP contribution in [0.2, 0.25) is 0 Å². The topological polar surface area (TPSA) is 40.5 Å². The molecule has 0 aliphatic heterocycles. The Morgan fingerprint density at radius 2 is 1.89 bits per heavy atom. The van der Waals surface area contributed by atoms with E-state index in [4.69, 9.17) is 0 Å². The van der Waals surface area contributed by atoms with E-state index in [1.807, 2.05) is 49.2 Å². The molecule has 0 aromatic heterocycles. The van der Waals surface area contributed by atoms with Crippen LogP contribution in [0.15, 0.2) is 30.3 Å². The normalized spacial score (nSPS) is 14.8. The number of hydrogen-bond acceptors (Lipinski definition) is 2. The molecule has 1 aromatic rings. The number of carboxylic acids is 1. The zero-order valence-corrected chi connectivity index (χ0v) is 11.7. The van der Waals surface area contributed by atoms with Crippen molar-refractivity contribution in [1.29, 1.82) is 0 Å². The molecule has 0 aliphatic carbocycles. The van der Waals surface area contributed by atoms with Gasteiger partial charge in [-0.25, -0.2) is 4.79 Å². The van der Waals surface area contributed by atoms with Crippen LogP contribution in [-0.2, 0) is 10.3 Å². The number of benzene rings is 1. The van der Waals surface area contributed by atoms with Gasteiger partial charge in [-0.1, -0.05) is 51.1 Å². The lowest BCUT2D eigenvalue weighted by molar-refractivity contribution is -0.152. The zero-order valence-electron chi connectivity index (χ0n) is 11.7. The van der Waals surface area contributed by atoms with Crippen LogP contribution in [0.4, 0.5) is 0 Å². The Bertz CT molecular complexity index is 389. The van der Waals surface area contributed by atoms with E-state index in [-0.39, 0.29) is 0 Å². The van der Waals surface area contributed by atoms with Gasteiger partial charge in [0, 0.05) is 6.54 Å². The highest BCUT2D eigenvalue weighted by molar-refractivity contribution is 5.80. The summed E-state index contributed by atoms with van der Waals surface area (Å²) in [4.78, 5) is 13.8. The summed E-state index contributed by atoms with van der Waals surface area (Å²) >= 11 is 0. The second-order valence-corrected chi connectivity index (χ2v) is 5.16. The van der Waals surface area contributed by atoms with Crippen LogP contribution in [0, 0.1) is 5.92 Å². The Balaban J connectivity index is 3.22. The number of likely N-dealkylation sites (N-methyl/N-ethyl adjacent to an activating group) is 1. The van der Waals surface area contributed by atoms with Gasteiger partial charge in [0.2, 0.25) is 0 Å². The molecule has 0 bridgehead atoms. The molecule has 3 nitrogen and oxygen atoms in total. The van der Waals surface area contributed by atoms with Gasteiger partial charge >= 0.3 is 5.97 Å². The maximum absolute atomic E-state index is 11.8. The number of rotatable bonds is 6. The molecule has 1 atom stereocenters. The smallest absolute Gasteiger partial charge is 0.328 e. The summed E-state index contributed by atoms with van der Waals surface area (Å²) in [5, 5.41) is 9.72. The quantitative estimate of drug-likeness (QED) is 0.842. The van der Waals surface area contributed by atoms with E-state index in [9.17, 15) is 9.90 Å². The van der Waals surface area contributed by atoms with Gasteiger partial charge in [-0.3, -0.25) is 4.90 Å². The predicted molar refractivity (Wildman–Crippen MR) is 73.5 cm³/mol. The molecule has 0 aliphatic rings. The van der Waals surface area contributed by atoms with Crippen molar-refractivity contribution < 1.29 is 9.90 Å². The monoisotopic (exact) mass is 249 g/mol. The van der Waals surface area contributed by atoms with Crippen molar-refractivity contribution in [2.45, 2.75) is 32.7 Å². The van der Waals surface area contributed by atoms with E-state index in [1.165, 1.54) is 0 Å². The van der Waals surface area contributed by atoms with Crippen LogP contribution in [-0.4, -0.2) is 29.6 Å². The zero-order chi connectivity index (χ0) is 13.8. The fourth-order valence-electron chi connectivity index (χ4n) is 2.55. The molecule has 0 fully saturated rings. The van der Waals surface area contributed by atoms with Gasteiger partial charge in [-0.15, -0.1) is 0 Å². The summed E-state index contributed by atoms with van der Waals surface area (Å²) in [7, 11) is 1.89. The number of nitrogens with zero attached hydrogens (tertiary/aromatic N) is 1.